The van der Waals surface area contributed by atoms with Crippen LogP contribution in [0.4, 0.5) is 0 Å². The summed E-state index contributed by atoms with van der Waals surface area (Å²) in [5.74, 6) is 0.711. The third-order valence-corrected chi connectivity index (χ3v) is 4.03. The Morgan fingerprint density at radius 3 is 2.67 bits per heavy atom. The Balaban J connectivity index is 2.37. The van der Waals surface area contributed by atoms with Crippen LogP contribution in [-0.2, 0) is 6.61 Å². The molecule has 24 heavy (non-hydrogen) atoms. The maximum absolute atomic E-state index is 12.6. The number of aromatic nitrogens is 2. The van der Waals surface area contributed by atoms with Crippen molar-refractivity contribution in [1.29, 1.82) is 0 Å². The zero-order valence-corrected chi connectivity index (χ0v) is 14.0. The van der Waals surface area contributed by atoms with E-state index in [2.05, 4.69) is 4.98 Å². The predicted molar refractivity (Wildman–Crippen MR) is 94.3 cm³/mol. The van der Waals surface area contributed by atoms with Gasteiger partial charge in [-0.25, -0.2) is 4.79 Å². The second-order valence-electron chi connectivity index (χ2n) is 5.95. The van der Waals surface area contributed by atoms with Crippen molar-refractivity contribution in [2.24, 2.45) is 0 Å². The van der Waals surface area contributed by atoms with Gasteiger partial charge in [0, 0.05) is 17.0 Å². The maximum atomic E-state index is 12.6. The van der Waals surface area contributed by atoms with Gasteiger partial charge in [-0.2, -0.15) is 4.98 Å². The van der Waals surface area contributed by atoms with E-state index >= 15 is 0 Å². The fourth-order valence-electron chi connectivity index (χ4n) is 2.88. The molecule has 5 heteroatoms. The molecule has 0 fully saturated rings. The molecule has 3 rings (SSSR count). The summed E-state index contributed by atoms with van der Waals surface area (Å²) in [6.45, 7) is 3.82. The molecule has 2 aromatic carbocycles. The number of fused-ring (bicyclic) bond motifs is 1. The molecule has 1 heterocycles. The molecule has 1 aromatic heterocycles. The summed E-state index contributed by atoms with van der Waals surface area (Å²) < 4.78 is 6.92. The summed E-state index contributed by atoms with van der Waals surface area (Å²) in [6, 6.07) is 13.1. The van der Waals surface area contributed by atoms with Crippen LogP contribution < -0.4 is 10.4 Å². The van der Waals surface area contributed by atoms with Gasteiger partial charge in [0.1, 0.15) is 5.75 Å². The number of ether oxygens (including phenoxy) is 1. The van der Waals surface area contributed by atoms with E-state index in [-0.39, 0.29) is 18.3 Å². The Morgan fingerprint density at radius 2 is 2.00 bits per heavy atom. The highest BCUT2D eigenvalue weighted by atomic mass is 16.5. The van der Waals surface area contributed by atoms with Crippen molar-refractivity contribution in [3.63, 3.8) is 0 Å². The monoisotopic (exact) mass is 324 g/mol. The number of methoxy groups -OCH3 is 1. The fraction of sp³-hybridized carbons (Fsp3) is 0.263. The predicted octanol–water partition coefficient (Wildman–Crippen LogP) is 3.15. The largest absolute Gasteiger partial charge is 0.497 e. The molecule has 0 bridgehead atoms. The van der Waals surface area contributed by atoms with Gasteiger partial charge in [-0.05, 0) is 37.6 Å². The summed E-state index contributed by atoms with van der Waals surface area (Å²) in [5, 5.41) is 10.3. The molecule has 1 N–H and O–H groups in total. The average Bonchev–Trinajstić information content (AvgIpc) is 2.60. The molecule has 0 unspecified atom stereocenters. The topological polar surface area (TPSA) is 64.3 Å². The van der Waals surface area contributed by atoms with E-state index in [4.69, 9.17) is 4.74 Å². The number of aliphatic hydroxyl groups is 1. The maximum Gasteiger partial charge on any atom is 0.348 e. The normalized spacial score (nSPS) is 11.2. The minimum atomic E-state index is -0.301. The zero-order chi connectivity index (χ0) is 17.3. The molecule has 3 aromatic rings. The summed E-state index contributed by atoms with van der Waals surface area (Å²) in [6.07, 6.45) is 0. The zero-order valence-electron chi connectivity index (χ0n) is 14.0. The van der Waals surface area contributed by atoms with Crippen LogP contribution in [0.2, 0.25) is 0 Å². The summed E-state index contributed by atoms with van der Waals surface area (Å²) >= 11 is 0. The van der Waals surface area contributed by atoms with Gasteiger partial charge in [0.25, 0.3) is 0 Å². The van der Waals surface area contributed by atoms with Crippen molar-refractivity contribution in [3.05, 3.63) is 58.5 Å². The van der Waals surface area contributed by atoms with Crippen molar-refractivity contribution in [2.45, 2.75) is 26.5 Å². The molecule has 124 valence electrons. The minimum Gasteiger partial charge on any atom is -0.497 e. The van der Waals surface area contributed by atoms with Crippen molar-refractivity contribution >= 4 is 10.9 Å². The first kappa shape index (κ1) is 16.2. The van der Waals surface area contributed by atoms with Crippen molar-refractivity contribution in [2.75, 3.05) is 7.11 Å². The Morgan fingerprint density at radius 1 is 1.21 bits per heavy atom. The SMILES string of the molecule is COc1cccc(-c2nc(=O)n(C(C)C)c3cc(CO)ccc23)c1. The number of aliphatic hydroxyl groups excluding tert-OH is 1. The molecule has 0 saturated carbocycles. The highest BCUT2D eigenvalue weighted by Crippen LogP contribution is 2.29. The van der Waals surface area contributed by atoms with E-state index in [0.29, 0.717) is 11.4 Å². The molecular weight excluding hydrogens is 304 g/mol. The number of hydrogen-bond donors (Lipinski definition) is 1. The van der Waals surface area contributed by atoms with Crippen molar-refractivity contribution in [3.8, 4) is 17.0 Å². The number of rotatable bonds is 4. The van der Waals surface area contributed by atoms with Crippen LogP contribution in [-0.4, -0.2) is 21.8 Å². The number of benzene rings is 2. The molecule has 0 aliphatic heterocycles. The molecular formula is C19H20N2O3. The number of nitrogens with zero attached hydrogens (tertiary/aromatic N) is 2. The van der Waals surface area contributed by atoms with Gasteiger partial charge in [0.2, 0.25) is 0 Å². The van der Waals surface area contributed by atoms with Gasteiger partial charge >= 0.3 is 5.69 Å². The van der Waals surface area contributed by atoms with Crippen LogP contribution >= 0.6 is 0 Å². The highest BCUT2D eigenvalue weighted by molar-refractivity contribution is 5.93. The van der Waals surface area contributed by atoms with Crippen LogP contribution in [0.15, 0.2) is 47.3 Å². The molecule has 0 aliphatic rings. The van der Waals surface area contributed by atoms with Crippen molar-refractivity contribution in [1.82, 2.24) is 9.55 Å². The van der Waals surface area contributed by atoms with Crippen LogP contribution in [0.5, 0.6) is 5.75 Å². The summed E-state index contributed by atoms with van der Waals surface area (Å²) in [7, 11) is 1.61. The average molecular weight is 324 g/mol. The van der Waals surface area contributed by atoms with Crippen LogP contribution in [0, 0.1) is 0 Å². The molecule has 0 saturated heterocycles. The highest BCUT2D eigenvalue weighted by Gasteiger charge is 2.15. The van der Waals surface area contributed by atoms with E-state index in [9.17, 15) is 9.90 Å². The third-order valence-electron chi connectivity index (χ3n) is 4.03. The molecule has 0 amide bonds. The first-order valence-electron chi connectivity index (χ1n) is 7.85. The lowest BCUT2D eigenvalue weighted by atomic mass is 10.0. The van der Waals surface area contributed by atoms with Gasteiger partial charge in [0.15, 0.2) is 0 Å². The van der Waals surface area contributed by atoms with Crippen LogP contribution in [0.3, 0.4) is 0 Å². The summed E-state index contributed by atoms with van der Waals surface area (Å²) in [4.78, 5) is 16.9. The second kappa shape index (κ2) is 6.45. The molecule has 0 aliphatic carbocycles. The molecule has 0 spiro atoms. The second-order valence-corrected chi connectivity index (χ2v) is 5.95. The van der Waals surface area contributed by atoms with E-state index in [0.717, 1.165) is 22.0 Å². The quantitative estimate of drug-likeness (QED) is 0.801. The molecule has 0 atom stereocenters. The third kappa shape index (κ3) is 2.78. The molecule has 5 nitrogen and oxygen atoms in total. The van der Waals surface area contributed by atoms with Gasteiger partial charge in [-0.1, -0.05) is 24.3 Å². The Bertz CT molecular complexity index is 945. The Kier molecular flexibility index (Phi) is 4.36. The van der Waals surface area contributed by atoms with E-state index in [1.165, 1.54) is 0 Å². The lowest BCUT2D eigenvalue weighted by molar-refractivity contribution is 0.282. The van der Waals surface area contributed by atoms with E-state index < -0.39 is 0 Å². The van der Waals surface area contributed by atoms with E-state index in [1.807, 2.05) is 56.3 Å². The van der Waals surface area contributed by atoms with Gasteiger partial charge < -0.3 is 9.84 Å². The molecule has 0 radical (unpaired) electrons. The smallest absolute Gasteiger partial charge is 0.348 e. The van der Waals surface area contributed by atoms with Gasteiger partial charge in [-0.15, -0.1) is 0 Å². The Hall–Kier alpha value is -2.66. The van der Waals surface area contributed by atoms with Crippen LogP contribution in [0.25, 0.3) is 22.2 Å². The first-order valence-corrected chi connectivity index (χ1v) is 7.85. The number of hydrogen-bond acceptors (Lipinski definition) is 4. The lowest BCUT2D eigenvalue weighted by Crippen LogP contribution is -2.25. The lowest BCUT2D eigenvalue weighted by Gasteiger charge is -2.16. The van der Waals surface area contributed by atoms with Crippen molar-refractivity contribution < 1.29 is 9.84 Å². The minimum absolute atomic E-state index is 0.0270. The summed E-state index contributed by atoms with van der Waals surface area (Å²) in [5.41, 5.74) is 2.68. The standard InChI is InChI=1S/C19H20N2O3/c1-12(2)21-17-9-13(11-22)7-8-16(17)18(20-19(21)23)14-5-4-6-15(10-14)24-3/h4-10,12,22H,11H2,1-3H3. The van der Waals surface area contributed by atoms with Gasteiger partial charge in [-0.3, -0.25) is 4.57 Å². The van der Waals surface area contributed by atoms with Crippen LogP contribution in [0.1, 0.15) is 25.5 Å². The fourth-order valence-corrected chi connectivity index (χ4v) is 2.88. The Labute approximate surface area is 140 Å². The van der Waals surface area contributed by atoms with Gasteiger partial charge in [0.05, 0.1) is 24.9 Å². The van der Waals surface area contributed by atoms with E-state index in [1.54, 1.807) is 11.7 Å². The first-order chi connectivity index (χ1) is 11.5.